The second kappa shape index (κ2) is 4.47. The van der Waals surface area contributed by atoms with Crippen molar-refractivity contribution >= 4 is 69.2 Å². The van der Waals surface area contributed by atoms with Crippen molar-refractivity contribution in [1.82, 2.24) is 20.2 Å². The molecule has 0 saturated heterocycles. The molecule has 0 bridgehead atoms. The fraction of sp³-hybridized carbons (Fsp3) is 0.444. The van der Waals surface area contributed by atoms with Crippen molar-refractivity contribution in [3.05, 3.63) is 18.2 Å². The van der Waals surface area contributed by atoms with Gasteiger partial charge in [0, 0.05) is 63.6 Å². The summed E-state index contributed by atoms with van der Waals surface area (Å²) in [7, 11) is 0. The molecule has 0 fully saturated rings. The Morgan fingerprint density at radius 3 is 2.57 bits per heavy atom. The van der Waals surface area contributed by atoms with Crippen LogP contribution in [0.25, 0.3) is 11.0 Å². The molecule has 1 radical (unpaired) electrons. The van der Waals surface area contributed by atoms with E-state index in [1.807, 2.05) is 0 Å². The van der Waals surface area contributed by atoms with Crippen molar-refractivity contribution in [1.29, 1.82) is 0 Å². The number of nitrogens with zero attached hydrogens (tertiary/aromatic N) is 3. The van der Waals surface area contributed by atoms with Gasteiger partial charge in [-0.3, -0.25) is 5.10 Å². The van der Waals surface area contributed by atoms with Gasteiger partial charge >= 0.3 is 0 Å². The predicted molar refractivity (Wildman–Crippen MR) is 56.1 cm³/mol. The minimum Gasteiger partial charge on any atom is -0.261 e. The first-order valence-electron chi connectivity index (χ1n) is 4.23. The molecule has 0 atom stereocenters. The van der Waals surface area contributed by atoms with E-state index in [1.165, 1.54) is 0 Å². The van der Waals surface area contributed by atoms with Crippen LogP contribution in [0.3, 0.4) is 0 Å². The number of hydrogen-bond acceptors (Lipinski definition) is 3. The van der Waals surface area contributed by atoms with Crippen molar-refractivity contribution < 1.29 is 0 Å². The van der Waals surface area contributed by atoms with Gasteiger partial charge in [-0.15, -0.1) is 0 Å². The molecule has 0 saturated carbocycles. The van der Waals surface area contributed by atoms with Gasteiger partial charge in [0.05, 0.1) is 17.3 Å². The Morgan fingerprint density at radius 1 is 1.21 bits per heavy atom. The maximum Gasteiger partial charge on any atom is 0.158 e. The van der Waals surface area contributed by atoms with Crippen LogP contribution in [-0.4, -0.2) is 78.4 Å². The second-order valence-corrected chi connectivity index (χ2v) is 4.10. The third-order valence-corrected chi connectivity index (χ3v) is 1.96. The largest absolute Gasteiger partial charge is 0.261 e. The predicted octanol–water partition coefficient (Wildman–Crippen LogP) is 1.27. The zero-order valence-corrected chi connectivity index (χ0v) is 13.9. The zero-order valence-electron chi connectivity index (χ0n) is 9.00. The van der Waals surface area contributed by atoms with Gasteiger partial charge in [0.2, 0.25) is 0 Å². The Labute approximate surface area is 132 Å². The molecule has 0 aromatic carbocycles. The van der Waals surface area contributed by atoms with E-state index in [2.05, 4.69) is 40.9 Å². The van der Waals surface area contributed by atoms with Gasteiger partial charge in [-0.25, -0.2) is 9.97 Å². The van der Waals surface area contributed by atoms with Gasteiger partial charge in [-0.2, -0.15) is 5.10 Å². The van der Waals surface area contributed by atoms with E-state index in [1.54, 1.807) is 12.5 Å². The Hall–Kier alpha value is 0.355. The Bertz CT molecular complexity index is 430. The van der Waals surface area contributed by atoms with E-state index in [4.69, 9.17) is 0 Å². The molecule has 14 heavy (non-hydrogen) atoms. The molecule has 2 heterocycles. The Kier molecular flexibility index (Phi) is 3.97. The molecular formula is C9H12N4Rb. The van der Waals surface area contributed by atoms with Crippen LogP contribution < -0.4 is 0 Å². The van der Waals surface area contributed by atoms with Crippen LogP contribution in [0.15, 0.2) is 12.5 Å². The number of hydrogen-bond donors (Lipinski definition) is 1. The number of nitrogens with one attached hydrogen (secondary N) is 1. The minimum absolute atomic E-state index is 0. The summed E-state index contributed by atoms with van der Waals surface area (Å²) in [5.41, 5.74) is 1.87. The SMILES string of the molecule is CC(C)(C)c1ncnc2[nH]ncc12.[Rb]. The van der Waals surface area contributed by atoms with Gasteiger partial charge in [0.1, 0.15) is 6.33 Å². The van der Waals surface area contributed by atoms with Gasteiger partial charge < -0.3 is 0 Å². The van der Waals surface area contributed by atoms with Crippen molar-refractivity contribution in [2.24, 2.45) is 0 Å². The summed E-state index contributed by atoms with van der Waals surface area (Å²) in [4.78, 5) is 8.37. The van der Waals surface area contributed by atoms with Gasteiger partial charge in [0.15, 0.2) is 5.65 Å². The van der Waals surface area contributed by atoms with Crippen LogP contribution in [-0.2, 0) is 5.41 Å². The number of fused-ring (bicyclic) bond motifs is 1. The first-order valence-corrected chi connectivity index (χ1v) is 4.23. The minimum atomic E-state index is 0. The molecule has 0 unspecified atom stereocenters. The molecule has 2 aromatic heterocycles. The summed E-state index contributed by atoms with van der Waals surface area (Å²) in [6.45, 7) is 6.38. The summed E-state index contributed by atoms with van der Waals surface area (Å²) in [6.07, 6.45) is 3.34. The molecule has 5 heteroatoms. The molecule has 0 aliphatic rings. The molecule has 4 nitrogen and oxygen atoms in total. The van der Waals surface area contributed by atoms with E-state index in [-0.39, 0.29) is 63.6 Å². The van der Waals surface area contributed by atoms with Crippen LogP contribution in [0, 0.1) is 0 Å². The molecule has 2 rings (SSSR count). The van der Waals surface area contributed by atoms with Crippen LogP contribution in [0.5, 0.6) is 0 Å². The van der Waals surface area contributed by atoms with Crippen LogP contribution in [0.1, 0.15) is 26.5 Å². The average Bonchev–Trinajstić information content (AvgIpc) is 2.48. The second-order valence-electron chi connectivity index (χ2n) is 4.10. The van der Waals surface area contributed by atoms with Gasteiger partial charge in [-0.05, 0) is 0 Å². The maximum absolute atomic E-state index is 4.28. The normalized spacial score (nSPS) is 11.4. The van der Waals surface area contributed by atoms with Crippen molar-refractivity contribution in [3.8, 4) is 0 Å². The molecule has 0 spiro atoms. The first-order chi connectivity index (χ1) is 6.09. The topological polar surface area (TPSA) is 54.5 Å². The molecule has 2 aromatic rings. The van der Waals surface area contributed by atoms with Crippen molar-refractivity contribution in [2.75, 3.05) is 0 Å². The molecule has 0 aliphatic carbocycles. The monoisotopic (exact) mass is 261 g/mol. The fourth-order valence-electron chi connectivity index (χ4n) is 1.36. The van der Waals surface area contributed by atoms with Crippen molar-refractivity contribution in [2.45, 2.75) is 26.2 Å². The molecule has 1 N–H and O–H groups in total. The van der Waals surface area contributed by atoms with E-state index >= 15 is 0 Å². The Morgan fingerprint density at radius 2 is 1.93 bits per heavy atom. The molecule has 69 valence electrons. The summed E-state index contributed by atoms with van der Waals surface area (Å²) >= 11 is 0. The van der Waals surface area contributed by atoms with Crippen LogP contribution >= 0.6 is 0 Å². The number of rotatable bonds is 0. The summed E-state index contributed by atoms with van der Waals surface area (Å²) in [5.74, 6) is 0. The molecule has 0 aliphatic heterocycles. The standard InChI is InChI=1S/C9H12N4.Rb/c1-9(2,3)7-6-4-12-13-8(6)11-5-10-7;/h4-5H,1-3H3,(H,10,11,12,13);. The summed E-state index contributed by atoms with van der Waals surface area (Å²) in [6, 6.07) is 0. The van der Waals surface area contributed by atoms with Crippen molar-refractivity contribution in [3.63, 3.8) is 0 Å². The molecular weight excluding hydrogens is 250 g/mol. The van der Waals surface area contributed by atoms with E-state index in [0.29, 0.717) is 0 Å². The van der Waals surface area contributed by atoms with E-state index < -0.39 is 0 Å². The average molecular weight is 262 g/mol. The quantitative estimate of drug-likeness (QED) is 0.777. The summed E-state index contributed by atoms with van der Waals surface area (Å²) < 4.78 is 0. The third kappa shape index (κ3) is 2.29. The van der Waals surface area contributed by atoms with Gasteiger partial charge in [0.25, 0.3) is 0 Å². The summed E-state index contributed by atoms with van der Waals surface area (Å²) in [5, 5.41) is 7.79. The fourth-order valence-corrected chi connectivity index (χ4v) is 1.36. The first kappa shape index (κ1) is 12.4. The van der Waals surface area contributed by atoms with Gasteiger partial charge in [-0.1, -0.05) is 20.8 Å². The Balaban J connectivity index is 0.000000980. The van der Waals surface area contributed by atoms with E-state index in [0.717, 1.165) is 16.7 Å². The number of H-pyrrole nitrogens is 1. The molecule has 0 amide bonds. The smallest absolute Gasteiger partial charge is 0.158 e. The number of aromatic amines is 1. The third-order valence-electron chi connectivity index (χ3n) is 1.96. The van der Waals surface area contributed by atoms with E-state index in [9.17, 15) is 0 Å². The van der Waals surface area contributed by atoms with Crippen LogP contribution in [0.4, 0.5) is 0 Å². The van der Waals surface area contributed by atoms with Crippen LogP contribution in [0.2, 0.25) is 0 Å². The zero-order chi connectivity index (χ0) is 9.47. The number of aromatic nitrogens is 4. The maximum atomic E-state index is 4.28.